The summed E-state index contributed by atoms with van der Waals surface area (Å²) in [4.78, 5) is 9.20. The van der Waals surface area contributed by atoms with Crippen molar-refractivity contribution in [2.45, 2.75) is 6.92 Å². The largest absolute Gasteiger partial charge is 0.464 e. The molecule has 4 rings (SSSR count). The van der Waals surface area contributed by atoms with E-state index in [1.807, 2.05) is 61.7 Å². The number of aromatic nitrogens is 2. The number of fused-ring (bicyclic) bond motifs is 1. The minimum atomic E-state index is 0.670. The maximum atomic E-state index is 6.10. The second-order valence-electron chi connectivity index (χ2n) is 5.41. The quantitative estimate of drug-likeness (QED) is 0.488. The van der Waals surface area contributed by atoms with Crippen molar-refractivity contribution in [3.8, 4) is 22.6 Å². The van der Waals surface area contributed by atoms with E-state index in [4.69, 9.17) is 21.0 Å². The van der Waals surface area contributed by atoms with Gasteiger partial charge in [-0.05, 0) is 36.8 Å². The zero-order valence-corrected chi connectivity index (χ0v) is 13.2. The molecule has 2 aromatic carbocycles. The number of nitrogens with zero attached hydrogens (tertiary/aromatic N) is 2. The highest BCUT2D eigenvalue weighted by atomic mass is 35.5. The Kier molecular flexibility index (Phi) is 3.36. The monoisotopic (exact) mass is 320 g/mol. The number of aryl methyl sites for hydroxylation is 1. The Balaban J connectivity index is 1.85. The van der Waals surface area contributed by atoms with Gasteiger partial charge in [-0.15, -0.1) is 0 Å². The van der Waals surface area contributed by atoms with E-state index in [1.54, 1.807) is 6.26 Å². The topological polar surface area (TPSA) is 38.9 Å². The highest BCUT2D eigenvalue weighted by molar-refractivity contribution is 6.30. The molecule has 4 aromatic rings. The second kappa shape index (κ2) is 5.52. The molecule has 2 heterocycles. The Morgan fingerprint density at radius 3 is 2.78 bits per heavy atom. The molecule has 0 radical (unpaired) electrons. The molecule has 0 bridgehead atoms. The van der Waals surface area contributed by atoms with Crippen LogP contribution in [0.5, 0.6) is 0 Å². The van der Waals surface area contributed by atoms with Crippen LogP contribution in [-0.4, -0.2) is 9.97 Å². The lowest BCUT2D eigenvalue weighted by Crippen LogP contribution is -1.95. The number of hydrogen-bond acceptors (Lipinski definition) is 3. The van der Waals surface area contributed by atoms with E-state index in [1.165, 1.54) is 0 Å². The molecule has 23 heavy (non-hydrogen) atoms. The first kappa shape index (κ1) is 14.0. The highest BCUT2D eigenvalue weighted by Crippen LogP contribution is 2.27. The molecular formula is C19H13ClN2O. The molecule has 4 heteroatoms. The summed E-state index contributed by atoms with van der Waals surface area (Å²) in [6.07, 6.45) is 3.52. The molecule has 0 aliphatic carbocycles. The molecule has 112 valence electrons. The molecule has 2 aromatic heterocycles. The van der Waals surface area contributed by atoms with Crippen molar-refractivity contribution < 1.29 is 4.42 Å². The first-order valence-corrected chi connectivity index (χ1v) is 7.66. The molecule has 0 aliphatic rings. The molecule has 0 atom stereocenters. The SMILES string of the molecule is Cc1cnc(-c2ccc3ccoc3c2)nc1-c1cccc(Cl)c1. The van der Waals surface area contributed by atoms with Crippen LogP contribution >= 0.6 is 11.6 Å². The molecule has 0 unspecified atom stereocenters. The van der Waals surface area contributed by atoms with Gasteiger partial charge < -0.3 is 4.42 Å². The van der Waals surface area contributed by atoms with Gasteiger partial charge in [0.05, 0.1) is 12.0 Å². The predicted molar refractivity (Wildman–Crippen MR) is 92.4 cm³/mol. The average Bonchev–Trinajstić information content (AvgIpc) is 3.03. The van der Waals surface area contributed by atoms with Crippen LogP contribution < -0.4 is 0 Å². The van der Waals surface area contributed by atoms with Crippen molar-refractivity contribution in [1.82, 2.24) is 9.97 Å². The van der Waals surface area contributed by atoms with Gasteiger partial charge in [0, 0.05) is 27.7 Å². The van der Waals surface area contributed by atoms with E-state index in [9.17, 15) is 0 Å². The van der Waals surface area contributed by atoms with E-state index in [0.717, 1.165) is 33.4 Å². The summed E-state index contributed by atoms with van der Waals surface area (Å²) < 4.78 is 5.46. The molecule has 0 amide bonds. The minimum absolute atomic E-state index is 0.670. The van der Waals surface area contributed by atoms with Crippen LogP contribution in [0.25, 0.3) is 33.6 Å². The van der Waals surface area contributed by atoms with Crippen LogP contribution in [0.15, 0.2) is 65.4 Å². The Bertz CT molecular complexity index is 1010. The number of hydrogen-bond donors (Lipinski definition) is 0. The van der Waals surface area contributed by atoms with E-state index in [-0.39, 0.29) is 0 Å². The molecule has 0 spiro atoms. The van der Waals surface area contributed by atoms with Crippen LogP contribution in [-0.2, 0) is 0 Å². The summed E-state index contributed by atoms with van der Waals surface area (Å²) in [7, 11) is 0. The molecule has 0 aliphatic heterocycles. The van der Waals surface area contributed by atoms with Gasteiger partial charge in [0.2, 0.25) is 0 Å². The Morgan fingerprint density at radius 2 is 1.91 bits per heavy atom. The first-order valence-electron chi connectivity index (χ1n) is 7.28. The normalized spacial score (nSPS) is 11.0. The Labute approximate surface area is 138 Å². The predicted octanol–water partition coefficient (Wildman–Crippen LogP) is 5.52. The third-order valence-electron chi connectivity index (χ3n) is 3.78. The summed E-state index contributed by atoms with van der Waals surface area (Å²) in [5.74, 6) is 0.670. The summed E-state index contributed by atoms with van der Waals surface area (Å²) in [5, 5.41) is 1.76. The van der Waals surface area contributed by atoms with E-state index in [0.29, 0.717) is 10.8 Å². The van der Waals surface area contributed by atoms with Gasteiger partial charge in [-0.1, -0.05) is 35.9 Å². The lowest BCUT2D eigenvalue weighted by atomic mass is 10.1. The zero-order valence-electron chi connectivity index (χ0n) is 12.5. The van der Waals surface area contributed by atoms with Crippen molar-refractivity contribution >= 4 is 22.6 Å². The fraction of sp³-hybridized carbons (Fsp3) is 0.0526. The third kappa shape index (κ3) is 2.60. The molecule has 0 saturated carbocycles. The fourth-order valence-electron chi connectivity index (χ4n) is 2.60. The zero-order chi connectivity index (χ0) is 15.8. The smallest absolute Gasteiger partial charge is 0.159 e. The summed E-state index contributed by atoms with van der Waals surface area (Å²) >= 11 is 6.10. The van der Waals surface area contributed by atoms with Crippen LogP contribution in [0.3, 0.4) is 0 Å². The van der Waals surface area contributed by atoms with Crippen molar-refractivity contribution in [1.29, 1.82) is 0 Å². The molecule has 0 fully saturated rings. The van der Waals surface area contributed by atoms with Gasteiger partial charge >= 0.3 is 0 Å². The van der Waals surface area contributed by atoms with Gasteiger partial charge in [-0.3, -0.25) is 0 Å². The second-order valence-corrected chi connectivity index (χ2v) is 5.85. The summed E-state index contributed by atoms with van der Waals surface area (Å²) in [6.45, 7) is 2.00. The average molecular weight is 321 g/mol. The number of furan rings is 1. The maximum Gasteiger partial charge on any atom is 0.159 e. The van der Waals surface area contributed by atoms with Crippen LogP contribution in [0.2, 0.25) is 5.02 Å². The van der Waals surface area contributed by atoms with Crippen molar-refractivity contribution in [3.63, 3.8) is 0 Å². The molecule has 3 nitrogen and oxygen atoms in total. The number of rotatable bonds is 2. The molecule has 0 N–H and O–H groups in total. The lowest BCUT2D eigenvalue weighted by Gasteiger charge is -2.08. The highest BCUT2D eigenvalue weighted by Gasteiger charge is 2.10. The van der Waals surface area contributed by atoms with Gasteiger partial charge in [0.1, 0.15) is 5.58 Å². The number of benzene rings is 2. The van der Waals surface area contributed by atoms with Gasteiger partial charge in [-0.25, -0.2) is 9.97 Å². The minimum Gasteiger partial charge on any atom is -0.464 e. The van der Waals surface area contributed by atoms with Crippen molar-refractivity contribution in [2.75, 3.05) is 0 Å². The van der Waals surface area contributed by atoms with Crippen LogP contribution in [0.1, 0.15) is 5.56 Å². The van der Waals surface area contributed by atoms with Crippen LogP contribution in [0.4, 0.5) is 0 Å². The standard InChI is InChI=1S/C19H13ClN2O/c1-12-11-21-19(15-6-5-13-7-8-23-17(13)10-15)22-18(12)14-3-2-4-16(20)9-14/h2-11H,1H3. The van der Waals surface area contributed by atoms with E-state index in [2.05, 4.69) is 4.98 Å². The van der Waals surface area contributed by atoms with Crippen LogP contribution in [0, 0.1) is 6.92 Å². The van der Waals surface area contributed by atoms with Crippen molar-refractivity contribution in [2.24, 2.45) is 0 Å². The first-order chi connectivity index (χ1) is 11.2. The Morgan fingerprint density at radius 1 is 1.00 bits per heavy atom. The van der Waals surface area contributed by atoms with Gasteiger partial charge in [-0.2, -0.15) is 0 Å². The Hall–Kier alpha value is -2.65. The summed E-state index contributed by atoms with van der Waals surface area (Å²) in [6, 6.07) is 15.6. The molecule has 0 saturated heterocycles. The van der Waals surface area contributed by atoms with E-state index < -0.39 is 0 Å². The van der Waals surface area contributed by atoms with Gasteiger partial charge in [0.25, 0.3) is 0 Å². The maximum absolute atomic E-state index is 6.10. The van der Waals surface area contributed by atoms with Gasteiger partial charge in [0.15, 0.2) is 5.82 Å². The molecular weight excluding hydrogens is 308 g/mol. The van der Waals surface area contributed by atoms with E-state index >= 15 is 0 Å². The number of halogens is 1. The summed E-state index contributed by atoms with van der Waals surface area (Å²) in [5.41, 5.74) is 4.64. The third-order valence-corrected chi connectivity index (χ3v) is 4.02. The van der Waals surface area contributed by atoms with Crippen molar-refractivity contribution in [3.05, 3.63) is 71.6 Å². The fourth-order valence-corrected chi connectivity index (χ4v) is 2.79. The lowest BCUT2D eigenvalue weighted by molar-refractivity contribution is 0.616.